The molecule has 0 aliphatic rings. The minimum atomic E-state index is -0.772. The Hall–Kier alpha value is -2.11. The van der Waals surface area contributed by atoms with E-state index in [9.17, 15) is 14.4 Å². The third-order valence-electron chi connectivity index (χ3n) is 17.5. The van der Waals surface area contributed by atoms with Crippen LogP contribution in [0.3, 0.4) is 0 Å². The lowest BCUT2D eigenvalue weighted by atomic mass is 10.0. The van der Waals surface area contributed by atoms with Crippen LogP contribution >= 0.6 is 0 Å². The number of esters is 3. The topological polar surface area (TPSA) is 78.9 Å². The van der Waals surface area contributed by atoms with Gasteiger partial charge in [0.1, 0.15) is 13.2 Å². The van der Waals surface area contributed by atoms with Crippen LogP contribution in [0.15, 0.2) is 24.3 Å². The summed E-state index contributed by atoms with van der Waals surface area (Å²) in [7, 11) is 0. The monoisotopic (exact) mass is 1170 g/mol. The van der Waals surface area contributed by atoms with E-state index in [1.807, 2.05) is 0 Å². The standard InChI is InChI=1S/C77H146O6/c1-4-7-10-13-16-19-22-25-28-31-34-36-37-38-39-40-41-42-44-46-49-52-55-58-61-64-67-70-76(79)82-73-74(72-81-75(78)69-66-63-60-57-54-51-48-45-33-30-27-24-21-18-15-12-9-6-3)83-77(80)71-68-65-62-59-56-53-50-47-43-35-32-29-26-23-20-17-14-11-8-5-2/h21,24,30,33,74H,4-20,22-23,25-29,31-32,34-73H2,1-3H3/b24-21-,33-30-. The second-order valence-corrected chi connectivity index (χ2v) is 25.9. The van der Waals surface area contributed by atoms with Crippen LogP contribution in [0.1, 0.15) is 432 Å². The fourth-order valence-electron chi connectivity index (χ4n) is 11.8. The molecule has 1 unspecified atom stereocenters. The first kappa shape index (κ1) is 80.9. The van der Waals surface area contributed by atoms with Gasteiger partial charge in [0.15, 0.2) is 6.10 Å². The zero-order valence-electron chi connectivity index (χ0n) is 56.5. The third kappa shape index (κ3) is 70.5. The Morgan fingerprint density at radius 1 is 0.241 bits per heavy atom. The highest BCUT2D eigenvalue weighted by molar-refractivity contribution is 5.71. The summed E-state index contributed by atoms with van der Waals surface area (Å²) in [5, 5.41) is 0. The maximum Gasteiger partial charge on any atom is 0.306 e. The molecule has 0 fully saturated rings. The number of ether oxygens (including phenoxy) is 3. The lowest BCUT2D eigenvalue weighted by Crippen LogP contribution is -2.30. The summed E-state index contributed by atoms with van der Waals surface area (Å²) in [4.78, 5) is 38.5. The van der Waals surface area contributed by atoms with Gasteiger partial charge in [-0.2, -0.15) is 0 Å². The van der Waals surface area contributed by atoms with E-state index in [-0.39, 0.29) is 31.1 Å². The van der Waals surface area contributed by atoms with Crippen LogP contribution in [0.2, 0.25) is 0 Å². The van der Waals surface area contributed by atoms with Crippen LogP contribution in [0, 0.1) is 0 Å². The molecule has 0 spiro atoms. The largest absolute Gasteiger partial charge is 0.462 e. The SMILES string of the molecule is CCCCCC/C=C\C/C=C\CCCCCCCCCC(=O)OCC(COC(=O)CCCCCCCCCCCCCCCCCCCCCCCCCCCCC)OC(=O)CCCCCCCCCCCCCCCCCCCCCC. The van der Waals surface area contributed by atoms with Crippen molar-refractivity contribution in [1.82, 2.24) is 0 Å². The molecule has 83 heavy (non-hydrogen) atoms. The van der Waals surface area contributed by atoms with Gasteiger partial charge in [0.05, 0.1) is 0 Å². The molecule has 0 aromatic rings. The zero-order chi connectivity index (χ0) is 59.9. The molecule has 1 atom stereocenters. The molecule has 0 saturated carbocycles. The minimum absolute atomic E-state index is 0.0668. The smallest absolute Gasteiger partial charge is 0.306 e. The van der Waals surface area contributed by atoms with Gasteiger partial charge in [0, 0.05) is 19.3 Å². The molecule has 0 aromatic heterocycles. The van der Waals surface area contributed by atoms with Crippen molar-refractivity contribution in [3.63, 3.8) is 0 Å². The van der Waals surface area contributed by atoms with Gasteiger partial charge in [0.25, 0.3) is 0 Å². The van der Waals surface area contributed by atoms with Crippen molar-refractivity contribution in [2.45, 2.75) is 438 Å². The number of unbranched alkanes of at least 4 members (excludes halogenated alkanes) is 56. The van der Waals surface area contributed by atoms with Crippen LogP contribution < -0.4 is 0 Å². The van der Waals surface area contributed by atoms with Crippen LogP contribution in [0.4, 0.5) is 0 Å². The molecule has 0 bridgehead atoms. The summed E-state index contributed by atoms with van der Waals surface area (Å²) in [6.07, 6.45) is 89.4. The molecule has 0 rings (SSSR count). The Bertz CT molecular complexity index is 1340. The van der Waals surface area contributed by atoms with Gasteiger partial charge in [-0.3, -0.25) is 14.4 Å². The highest BCUT2D eigenvalue weighted by atomic mass is 16.6. The first-order valence-corrected chi connectivity index (χ1v) is 37.8. The van der Waals surface area contributed by atoms with Gasteiger partial charge in [-0.1, -0.05) is 385 Å². The van der Waals surface area contributed by atoms with E-state index in [2.05, 4.69) is 45.1 Å². The van der Waals surface area contributed by atoms with Crippen molar-refractivity contribution < 1.29 is 28.6 Å². The molecule has 6 nitrogen and oxygen atoms in total. The fourth-order valence-corrected chi connectivity index (χ4v) is 11.8. The minimum Gasteiger partial charge on any atom is -0.462 e. The van der Waals surface area contributed by atoms with Gasteiger partial charge in [0.2, 0.25) is 0 Å². The molecule has 490 valence electrons. The lowest BCUT2D eigenvalue weighted by molar-refractivity contribution is -0.167. The van der Waals surface area contributed by atoms with E-state index in [4.69, 9.17) is 14.2 Å². The fraction of sp³-hybridized carbons (Fsp3) is 0.909. The Labute approximate surface area is 519 Å². The van der Waals surface area contributed by atoms with Crippen molar-refractivity contribution >= 4 is 17.9 Å². The Balaban J connectivity index is 4.25. The number of hydrogen-bond donors (Lipinski definition) is 0. The van der Waals surface area contributed by atoms with Crippen molar-refractivity contribution in [2.24, 2.45) is 0 Å². The third-order valence-corrected chi connectivity index (χ3v) is 17.5. The summed E-state index contributed by atoms with van der Waals surface area (Å²) in [6, 6.07) is 0. The van der Waals surface area contributed by atoms with Gasteiger partial charge in [-0.25, -0.2) is 0 Å². The van der Waals surface area contributed by atoms with Gasteiger partial charge in [-0.05, 0) is 51.4 Å². The predicted octanol–water partition coefficient (Wildman–Crippen LogP) is 26.1. The van der Waals surface area contributed by atoms with Crippen LogP contribution in [0.5, 0.6) is 0 Å². The average Bonchev–Trinajstić information content (AvgIpc) is 3.50. The molecule has 0 aromatic carbocycles. The number of rotatable bonds is 71. The van der Waals surface area contributed by atoms with Crippen molar-refractivity contribution in [1.29, 1.82) is 0 Å². The van der Waals surface area contributed by atoms with E-state index < -0.39 is 6.10 Å². The van der Waals surface area contributed by atoms with Crippen LogP contribution in [-0.4, -0.2) is 37.2 Å². The second-order valence-electron chi connectivity index (χ2n) is 25.9. The van der Waals surface area contributed by atoms with Crippen LogP contribution in [0.25, 0.3) is 0 Å². The highest BCUT2D eigenvalue weighted by Crippen LogP contribution is 2.20. The van der Waals surface area contributed by atoms with Crippen LogP contribution in [-0.2, 0) is 28.6 Å². The number of carbonyl (C=O) groups excluding carboxylic acids is 3. The van der Waals surface area contributed by atoms with Gasteiger partial charge in [-0.15, -0.1) is 0 Å². The molecule has 0 aliphatic carbocycles. The summed E-state index contributed by atoms with van der Waals surface area (Å²) >= 11 is 0. The number of allylic oxidation sites excluding steroid dienone is 4. The maximum atomic E-state index is 13.0. The normalized spacial score (nSPS) is 12.1. The molecule has 6 heteroatoms. The maximum absolute atomic E-state index is 13.0. The molecular weight excluding hydrogens is 1020 g/mol. The first-order chi connectivity index (χ1) is 41.0. The molecule has 0 heterocycles. The quantitative estimate of drug-likeness (QED) is 0.0261. The highest BCUT2D eigenvalue weighted by Gasteiger charge is 2.20. The molecule has 0 N–H and O–H groups in total. The summed E-state index contributed by atoms with van der Waals surface area (Å²) in [5.41, 5.74) is 0. The summed E-state index contributed by atoms with van der Waals surface area (Å²) in [6.45, 7) is 6.72. The summed E-state index contributed by atoms with van der Waals surface area (Å²) < 4.78 is 17.0. The zero-order valence-corrected chi connectivity index (χ0v) is 56.5. The van der Waals surface area contributed by atoms with E-state index in [0.717, 1.165) is 70.6 Å². The van der Waals surface area contributed by atoms with Gasteiger partial charge >= 0.3 is 17.9 Å². The van der Waals surface area contributed by atoms with E-state index in [0.29, 0.717) is 19.3 Å². The summed E-state index contributed by atoms with van der Waals surface area (Å²) in [5.74, 6) is -0.837. The van der Waals surface area contributed by atoms with Crippen molar-refractivity contribution in [3.05, 3.63) is 24.3 Å². The number of carbonyl (C=O) groups is 3. The Kier molecular flexibility index (Phi) is 70.5. The Morgan fingerprint density at radius 2 is 0.434 bits per heavy atom. The average molecular weight is 1170 g/mol. The molecule has 0 radical (unpaired) electrons. The lowest BCUT2D eigenvalue weighted by Gasteiger charge is -2.18. The first-order valence-electron chi connectivity index (χ1n) is 37.8. The molecule has 0 aliphatic heterocycles. The van der Waals surface area contributed by atoms with E-state index >= 15 is 0 Å². The molecule has 0 saturated heterocycles. The van der Waals surface area contributed by atoms with Crippen molar-refractivity contribution in [2.75, 3.05) is 13.2 Å². The second kappa shape index (κ2) is 72.4. The predicted molar refractivity (Wildman–Crippen MR) is 363 cm³/mol. The number of hydrogen-bond acceptors (Lipinski definition) is 6. The van der Waals surface area contributed by atoms with E-state index in [1.54, 1.807) is 0 Å². The van der Waals surface area contributed by atoms with Gasteiger partial charge < -0.3 is 14.2 Å². The van der Waals surface area contributed by atoms with E-state index in [1.165, 1.54) is 321 Å². The Morgan fingerprint density at radius 3 is 0.675 bits per heavy atom. The molecular formula is C77H146O6. The molecule has 0 amide bonds. The van der Waals surface area contributed by atoms with Crippen molar-refractivity contribution in [3.8, 4) is 0 Å².